The van der Waals surface area contributed by atoms with Gasteiger partial charge in [-0.3, -0.25) is 0 Å². The molecule has 0 aliphatic rings. The molecule has 0 aliphatic carbocycles. The van der Waals surface area contributed by atoms with Crippen molar-refractivity contribution in [2.45, 2.75) is 0 Å². The minimum atomic E-state index is 0.887. The lowest BCUT2D eigenvalue weighted by molar-refractivity contribution is 0.673. The molecule has 0 radical (unpaired) electrons. The molecule has 0 N–H and O–H groups in total. The zero-order chi connectivity index (χ0) is 38.4. The first kappa shape index (κ1) is 33.6. The summed E-state index contributed by atoms with van der Waals surface area (Å²) in [5, 5.41) is 7.04. The lowest BCUT2D eigenvalue weighted by Gasteiger charge is -2.26. The largest absolute Gasteiger partial charge is 0.455 e. The molecule has 0 aliphatic heterocycles. The van der Waals surface area contributed by atoms with E-state index in [0.29, 0.717) is 0 Å². The molecule has 58 heavy (non-hydrogen) atoms. The number of rotatable bonds is 7. The van der Waals surface area contributed by atoms with Crippen molar-refractivity contribution >= 4 is 60.5 Å². The highest BCUT2D eigenvalue weighted by molar-refractivity contribution is 6.19. The van der Waals surface area contributed by atoms with Gasteiger partial charge >= 0.3 is 0 Å². The van der Waals surface area contributed by atoms with E-state index < -0.39 is 0 Å². The molecule has 2 nitrogen and oxygen atoms in total. The van der Waals surface area contributed by atoms with Gasteiger partial charge in [-0.15, -0.1) is 0 Å². The molecule has 0 fully saturated rings. The molecule has 11 aromatic rings. The van der Waals surface area contributed by atoms with Crippen molar-refractivity contribution in [2.24, 2.45) is 0 Å². The first-order chi connectivity index (χ1) is 28.7. The number of hydrogen-bond donors (Lipinski definition) is 0. The van der Waals surface area contributed by atoms with Crippen LogP contribution in [0.15, 0.2) is 229 Å². The molecule has 0 atom stereocenters. The summed E-state index contributed by atoms with van der Waals surface area (Å²) in [5.74, 6) is 0. The molecule has 0 bridgehead atoms. The molecule has 272 valence electrons. The minimum Gasteiger partial charge on any atom is -0.455 e. The Morgan fingerprint density at radius 2 is 0.810 bits per heavy atom. The number of benzene rings is 10. The Bertz CT molecular complexity index is 3250. The lowest BCUT2D eigenvalue weighted by atomic mass is 9.93. The van der Waals surface area contributed by atoms with Crippen LogP contribution in [0.1, 0.15) is 0 Å². The van der Waals surface area contributed by atoms with Crippen molar-refractivity contribution in [3.63, 3.8) is 0 Å². The molecule has 1 aromatic heterocycles. The van der Waals surface area contributed by atoms with Gasteiger partial charge in [0, 0.05) is 33.2 Å². The normalized spacial score (nSPS) is 11.4. The van der Waals surface area contributed by atoms with E-state index in [4.69, 9.17) is 4.42 Å². The molecular weight excluding hydrogens is 703 g/mol. The first-order valence-corrected chi connectivity index (χ1v) is 19.8. The van der Waals surface area contributed by atoms with Gasteiger partial charge in [-0.05, 0) is 121 Å². The molecule has 0 amide bonds. The average Bonchev–Trinajstić information content (AvgIpc) is 3.68. The number of anilines is 3. The summed E-state index contributed by atoms with van der Waals surface area (Å²) in [6.07, 6.45) is 0. The standard InChI is InChI=1S/C56H37NO/c1-3-13-38(14-4-1)42-17-11-18-44(35-42)52-37-54-53-36-43(29-34-55(53)58-56(54)51-23-10-9-22-50(51)52)39-25-30-46(31-26-39)57(45-19-5-2-6-20-45)47-32-27-41(28-33-47)49-24-12-16-40-15-7-8-21-48(40)49/h1-37H. The van der Waals surface area contributed by atoms with Crippen LogP contribution in [0.4, 0.5) is 17.1 Å². The highest BCUT2D eigenvalue weighted by Crippen LogP contribution is 2.42. The van der Waals surface area contributed by atoms with Crippen LogP contribution in [0, 0.1) is 0 Å². The van der Waals surface area contributed by atoms with E-state index in [2.05, 4.69) is 229 Å². The molecule has 11 rings (SSSR count). The van der Waals surface area contributed by atoms with E-state index in [9.17, 15) is 0 Å². The summed E-state index contributed by atoms with van der Waals surface area (Å²) in [6, 6.07) is 80.5. The number of fused-ring (bicyclic) bond motifs is 6. The van der Waals surface area contributed by atoms with Gasteiger partial charge in [0.25, 0.3) is 0 Å². The Balaban J connectivity index is 0.971. The zero-order valence-electron chi connectivity index (χ0n) is 31.7. The van der Waals surface area contributed by atoms with Gasteiger partial charge in [-0.1, -0.05) is 164 Å². The average molecular weight is 740 g/mol. The van der Waals surface area contributed by atoms with Gasteiger partial charge in [0.1, 0.15) is 11.2 Å². The predicted octanol–water partition coefficient (Wildman–Crippen LogP) is 16.0. The number of nitrogens with zero attached hydrogens (tertiary/aromatic N) is 1. The second-order valence-electron chi connectivity index (χ2n) is 14.9. The Morgan fingerprint density at radius 3 is 1.59 bits per heavy atom. The van der Waals surface area contributed by atoms with E-state index in [-0.39, 0.29) is 0 Å². The van der Waals surface area contributed by atoms with Gasteiger partial charge in [0.05, 0.1) is 0 Å². The molecule has 0 saturated heterocycles. The van der Waals surface area contributed by atoms with E-state index in [0.717, 1.165) is 55.5 Å². The Labute approximate surface area is 337 Å². The summed E-state index contributed by atoms with van der Waals surface area (Å²) in [6.45, 7) is 0. The van der Waals surface area contributed by atoms with Crippen LogP contribution < -0.4 is 4.90 Å². The third-order valence-corrected chi connectivity index (χ3v) is 11.5. The highest BCUT2D eigenvalue weighted by atomic mass is 16.3. The Hall–Kier alpha value is -7.68. The third-order valence-electron chi connectivity index (χ3n) is 11.5. The molecule has 0 unspecified atom stereocenters. The maximum absolute atomic E-state index is 6.64. The summed E-state index contributed by atoms with van der Waals surface area (Å²) in [5.41, 5.74) is 14.6. The maximum Gasteiger partial charge on any atom is 0.143 e. The molecule has 0 saturated carbocycles. The fraction of sp³-hybridized carbons (Fsp3) is 0. The van der Waals surface area contributed by atoms with Crippen LogP contribution in [-0.4, -0.2) is 0 Å². The van der Waals surface area contributed by atoms with Gasteiger partial charge in [-0.2, -0.15) is 0 Å². The summed E-state index contributed by atoms with van der Waals surface area (Å²) < 4.78 is 6.64. The zero-order valence-corrected chi connectivity index (χ0v) is 31.7. The third kappa shape index (κ3) is 5.91. The van der Waals surface area contributed by atoms with Crippen LogP contribution in [0.5, 0.6) is 0 Å². The lowest BCUT2D eigenvalue weighted by Crippen LogP contribution is -2.09. The maximum atomic E-state index is 6.64. The van der Waals surface area contributed by atoms with Gasteiger partial charge in [0.2, 0.25) is 0 Å². The van der Waals surface area contributed by atoms with Crippen LogP contribution >= 0.6 is 0 Å². The fourth-order valence-electron chi connectivity index (χ4n) is 8.61. The second-order valence-corrected chi connectivity index (χ2v) is 14.9. The van der Waals surface area contributed by atoms with Crippen LogP contribution in [0.2, 0.25) is 0 Å². The van der Waals surface area contributed by atoms with E-state index in [1.54, 1.807) is 0 Å². The van der Waals surface area contributed by atoms with Gasteiger partial charge in [0.15, 0.2) is 0 Å². The van der Waals surface area contributed by atoms with Crippen LogP contribution in [-0.2, 0) is 0 Å². The highest BCUT2D eigenvalue weighted by Gasteiger charge is 2.17. The quantitative estimate of drug-likeness (QED) is 0.162. The number of para-hydroxylation sites is 1. The Morgan fingerprint density at radius 1 is 0.276 bits per heavy atom. The first-order valence-electron chi connectivity index (χ1n) is 19.8. The van der Waals surface area contributed by atoms with Crippen molar-refractivity contribution in [3.05, 3.63) is 224 Å². The summed E-state index contributed by atoms with van der Waals surface area (Å²) >= 11 is 0. The predicted molar refractivity (Wildman–Crippen MR) is 245 cm³/mol. The fourth-order valence-corrected chi connectivity index (χ4v) is 8.61. The molecule has 2 heteroatoms. The topological polar surface area (TPSA) is 16.4 Å². The van der Waals surface area contributed by atoms with Gasteiger partial charge in [-0.25, -0.2) is 0 Å². The van der Waals surface area contributed by atoms with Crippen molar-refractivity contribution in [1.82, 2.24) is 0 Å². The van der Waals surface area contributed by atoms with Crippen LogP contribution in [0.3, 0.4) is 0 Å². The van der Waals surface area contributed by atoms with Gasteiger partial charge < -0.3 is 9.32 Å². The van der Waals surface area contributed by atoms with E-state index >= 15 is 0 Å². The molecule has 1 heterocycles. The number of furan rings is 1. The molecular formula is C56H37NO. The SMILES string of the molecule is c1ccc(-c2cccc(-c3cc4c5cc(-c6ccc(N(c7ccccc7)c7ccc(-c8cccc9ccccc89)cc7)cc6)ccc5oc4c4ccccc34)c2)cc1. The monoisotopic (exact) mass is 739 g/mol. The summed E-state index contributed by atoms with van der Waals surface area (Å²) in [7, 11) is 0. The van der Waals surface area contributed by atoms with Crippen molar-refractivity contribution in [1.29, 1.82) is 0 Å². The second kappa shape index (κ2) is 14.1. The summed E-state index contributed by atoms with van der Waals surface area (Å²) in [4.78, 5) is 2.32. The molecule has 10 aromatic carbocycles. The van der Waals surface area contributed by atoms with Crippen LogP contribution in [0.25, 0.3) is 88.0 Å². The smallest absolute Gasteiger partial charge is 0.143 e. The number of hydrogen-bond acceptors (Lipinski definition) is 2. The minimum absolute atomic E-state index is 0.887. The van der Waals surface area contributed by atoms with Crippen molar-refractivity contribution in [3.8, 4) is 44.5 Å². The van der Waals surface area contributed by atoms with E-state index in [1.807, 2.05) is 0 Å². The van der Waals surface area contributed by atoms with Crippen molar-refractivity contribution in [2.75, 3.05) is 4.90 Å². The van der Waals surface area contributed by atoms with Crippen molar-refractivity contribution < 1.29 is 4.42 Å². The molecule has 0 spiro atoms. The van der Waals surface area contributed by atoms with E-state index in [1.165, 1.54) is 49.5 Å². The Kier molecular flexibility index (Phi) is 8.19.